The molecular weight excluding hydrogens is 817 g/mol. The Labute approximate surface area is 396 Å². The maximum Gasteiger partial charge on any atom is 0.513 e. The zero-order chi connectivity index (χ0) is 46.4. The maximum absolute atomic E-state index is 13.6. The Morgan fingerprint density at radius 3 is 1.05 bits per heavy atom. The van der Waals surface area contributed by atoms with Gasteiger partial charge in [0.25, 0.3) is 0 Å². The summed E-state index contributed by atoms with van der Waals surface area (Å²) < 4.78 is 24.1. The van der Waals surface area contributed by atoms with E-state index in [2.05, 4.69) is 100 Å². The lowest BCUT2D eigenvalue weighted by atomic mass is 9.84. The first kappa shape index (κ1) is 50.3. The smallest absolute Gasteiger partial charge is 0.434 e. The summed E-state index contributed by atoms with van der Waals surface area (Å²) in [5, 5.41) is 7.37. The van der Waals surface area contributed by atoms with Crippen molar-refractivity contribution in [2.45, 2.75) is 182 Å². The standard InChI is InChI=1S/C60H78O6/c1-5-9-13-17-19-21-29-41-63-59(61)65-57-49-35-27-25-33-47(49)55(53-43-45(37-39-51(53)57)31-23-15-11-7-3)56-48-34-26-28-36-50(48)58(66-60(62)64-42-30-22-20-18-14-10-6-2)52-40-38-46(44-54(52)56)32-24-16-12-8-4/h25-28,33-40,43-44H,5-24,29-32,41-42H2,1-4H3. The molecule has 0 fully saturated rings. The lowest BCUT2D eigenvalue weighted by Crippen LogP contribution is -2.12. The molecule has 6 nitrogen and oxygen atoms in total. The van der Waals surface area contributed by atoms with Crippen molar-refractivity contribution in [3.05, 3.63) is 96.1 Å². The van der Waals surface area contributed by atoms with Crippen molar-refractivity contribution in [3.63, 3.8) is 0 Å². The zero-order valence-electron chi connectivity index (χ0n) is 40.9. The number of fused-ring (bicyclic) bond motifs is 4. The zero-order valence-corrected chi connectivity index (χ0v) is 40.9. The van der Waals surface area contributed by atoms with Gasteiger partial charge in [-0.05, 0) is 82.3 Å². The van der Waals surface area contributed by atoms with Crippen LogP contribution < -0.4 is 9.47 Å². The molecule has 0 N–H and O–H groups in total. The van der Waals surface area contributed by atoms with Crippen LogP contribution in [0.15, 0.2) is 84.9 Å². The molecule has 0 saturated heterocycles. The molecule has 6 heteroatoms. The molecule has 6 rings (SSSR count). The molecule has 0 aliphatic heterocycles. The summed E-state index contributed by atoms with van der Waals surface area (Å²) in [6, 6.07) is 29.9. The van der Waals surface area contributed by atoms with E-state index in [9.17, 15) is 9.59 Å². The van der Waals surface area contributed by atoms with Gasteiger partial charge in [-0.2, -0.15) is 0 Å². The first-order valence-corrected chi connectivity index (χ1v) is 26.1. The van der Waals surface area contributed by atoms with Crippen LogP contribution >= 0.6 is 0 Å². The second-order valence-corrected chi connectivity index (χ2v) is 18.5. The number of aryl methyl sites for hydroxylation is 2. The van der Waals surface area contributed by atoms with Crippen molar-refractivity contribution >= 4 is 55.4 Å². The van der Waals surface area contributed by atoms with Gasteiger partial charge in [0.15, 0.2) is 0 Å². The average molecular weight is 895 g/mol. The summed E-state index contributed by atoms with van der Waals surface area (Å²) in [5.41, 5.74) is 4.63. The SMILES string of the molecule is CCCCCCCCCOC(=O)Oc1c2ccccc2c(-c2c3ccccc3c(OC(=O)OCCCCCCCCC)c3ccc(CCCCCC)cc23)c2cc(CCCCCC)ccc12. The molecule has 354 valence electrons. The van der Waals surface area contributed by atoms with E-state index in [-0.39, 0.29) is 0 Å². The van der Waals surface area contributed by atoms with Gasteiger partial charge in [0, 0.05) is 21.5 Å². The fourth-order valence-corrected chi connectivity index (χ4v) is 9.61. The van der Waals surface area contributed by atoms with Crippen molar-refractivity contribution in [3.8, 4) is 22.6 Å². The Balaban J connectivity index is 1.46. The Morgan fingerprint density at radius 2 is 0.667 bits per heavy atom. The molecule has 0 aromatic heterocycles. The van der Waals surface area contributed by atoms with Crippen molar-refractivity contribution < 1.29 is 28.5 Å². The van der Waals surface area contributed by atoms with Crippen molar-refractivity contribution in [1.82, 2.24) is 0 Å². The number of carbonyl (C=O) groups excluding carboxylic acids is 2. The number of hydrogen-bond acceptors (Lipinski definition) is 6. The number of ether oxygens (including phenoxy) is 4. The number of carbonyl (C=O) groups is 2. The van der Waals surface area contributed by atoms with Gasteiger partial charge in [0.05, 0.1) is 13.2 Å². The van der Waals surface area contributed by atoms with E-state index < -0.39 is 12.3 Å². The predicted molar refractivity (Wildman–Crippen MR) is 278 cm³/mol. The van der Waals surface area contributed by atoms with Gasteiger partial charge in [0.1, 0.15) is 11.5 Å². The van der Waals surface area contributed by atoms with Gasteiger partial charge in [-0.1, -0.05) is 228 Å². The predicted octanol–water partition coefficient (Wildman–Crippen LogP) is 18.7. The maximum atomic E-state index is 13.6. The first-order valence-electron chi connectivity index (χ1n) is 26.1. The molecule has 0 aliphatic rings. The van der Waals surface area contributed by atoms with Crippen LogP contribution in [-0.4, -0.2) is 25.5 Å². The molecule has 0 amide bonds. The van der Waals surface area contributed by atoms with Crippen LogP contribution in [0.2, 0.25) is 0 Å². The molecular formula is C60H78O6. The third-order valence-electron chi connectivity index (χ3n) is 13.3. The highest BCUT2D eigenvalue weighted by atomic mass is 16.7. The fraction of sp³-hybridized carbons (Fsp3) is 0.500. The number of rotatable bonds is 29. The highest BCUT2D eigenvalue weighted by Crippen LogP contribution is 2.50. The third kappa shape index (κ3) is 14.0. The van der Waals surface area contributed by atoms with Crippen LogP contribution in [0.3, 0.4) is 0 Å². The Bertz CT molecular complexity index is 2280. The van der Waals surface area contributed by atoms with Gasteiger partial charge in [-0.3, -0.25) is 0 Å². The van der Waals surface area contributed by atoms with Gasteiger partial charge < -0.3 is 18.9 Å². The third-order valence-corrected chi connectivity index (χ3v) is 13.3. The summed E-state index contributed by atoms with van der Waals surface area (Å²) in [6.45, 7) is 9.63. The molecule has 0 atom stereocenters. The highest BCUT2D eigenvalue weighted by Gasteiger charge is 2.25. The van der Waals surface area contributed by atoms with E-state index in [1.807, 2.05) is 12.1 Å². The van der Waals surface area contributed by atoms with Crippen LogP contribution in [0, 0.1) is 0 Å². The molecule has 0 aliphatic carbocycles. The normalized spacial score (nSPS) is 11.5. The van der Waals surface area contributed by atoms with E-state index in [1.54, 1.807) is 0 Å². The molecule has 6 aromatic rings. The van der Waals surface area contributed by atoms with Crippen molar-refractivity contribution in [2.24, 2.45) is 0 Å². The van der Waals surface area contributed by atoms with Crippen molar-refractivity contribution in [1.29, 1.82) is 0 Å². The molecule has 6 aromatic carbocycles. The molecule has 0 saturated carbocycles. The molecule has 0 bridgehead atoms. The van der Waals surface area contributed by atoms with Gasteiger partial charge >= 0.3 is 12.3 Å². The van der Waals surface area contributed by atoms with Crippen LogP contribution in [0.5, 0.6) is 11.5 Å². The molecule has 66 heavy (non-hydrogen) atoms. The summed E-state index contributed by atoms with van der Waals surface area (Å²) in [4.78, 5) is 27.2. The van der Waals surface area contributed by atoms with Crippen molar-refractivity contribution in [2.75, 3.05) is 13.2 Å². The Hall–Kier alpha value is -5.10. The molecule has 0 unspecified atom stereocenters. The number of benzene rings is 6. The van der Waals surface area contributed by atoms with E-state index in [1.165, 1.54) is 101 Å². The van der Waals surface area contributed by atoms with Crippen LogP contribution in [-0.2, 0) is 22.3 Å². The number of hydrogen-bond donors (Lipinski definition) is 0. The second kappa shape index (κ2) is 27.5. The summed E-state index contributed by atoms with van der Waals surface area (Å²) >= 11 is 0. The first-order chi connectivity index (χ1) is 32.5. The minimum Gasteiger partial charge on any atom is -0.434 e. The minimum absolute atomic E-state index is 0.336. The van der Waals surface area contributed by atoms with E-state index in [0.29, 0.717) is 24.7 Å². The lowest BCUT2D eigenvalue weighted by Gasteiger charge is -2.22. The lowest BCUT2D eigenvalue weighted by molar-refractivity contribution is 0.0972. The quantitative estimate of drug-likeness (QED) is 0.0202. The van der Waals surface area contributed by atoms with Gasteiger partial charge in [-0.15, -0.1) is 0 Å². The molecule has 0 spiro atoms. The van der Waals surface area contributed by atoms with Crippen LogP contribution in [0.4, 0.5) is 9.59 Å². The van der Waals surface area contributed by atoms with Gasteiger partial charge in [-0.25, -0.2) is 9.59 Å². The largest absolute Gasteiger partial charge is 0.513 e. The summed E-state index contributed by atoms with van der Waals surface area (Å²) in [6.07, 6.45) is 25.9. The van der Waals surface area contributed by atoms with Crippen LogP contribution in [0.1, 0.15) is 180 Å². The van der Waals surface area contributed by atoms with E-state index >= 15 is 0 Å². The monoisotopic (exact) mass is 895 g/mol. The molecule has 0 heterocycles. The second-order valence-electron chi connectivity index (χ2n) is 18.5. The average Bonchev–Trinajstić information content (AvgIpc) is 3.33. The molecule has 0 radical (unpaired) electrons. The van der Waals surface area contributed by atoms with Crippen LogP contribution in [0.25, 0.3) is 54.2 Å². The van der Waals surface area contributed by atoms with E-state index in [0.717, 1.165) is 118 Å². The van der Waals surface area contributed by atoms with E-state index in [4.69, 9.17) is 18.9 Å². The Kier molecular flexibility index (Phi) is 21.0. The topological polar surface area (TPSA) is 71.1 Å². The highest BCUT2D eigenvalue weighted by molar-refractivity contribution is 6.27. The fourth-order valence-electron chi connectivity index (χ4n) is 9.61. The van der Waals surface area contributed by atoms with Gasteiger partial charge in [0.2, 0.25) is 0 Å². The summed E-state index contributed by atoms with van der Waals surface area (Å²) in [7, 11) is 0. The minimum atomic E-state index is -0.673. The Morgan fingerprint density at radius 1 is 0.348 bits per heavy atom. The number of unbranched alkanes of at least 4 members (excludes halogenated alkanes) is 18. The summed E-state index contributed by atoms with van der Waals surface area (Å²) in [5.74, 6) is 1.03.